The first-order valence-electron chi connectivity index (χ1n) is 7.37. The maximum absolute atomic E-state index is 11.7. The molecule has 1 heterocycles. The van der Waals surface area contributed by atoms with Crippen LogP contribution in [0.2, 0.25) is 0 Å². The number of benzene rings is 1. The van der Waals surface area contributed by atoms with Crippen molar-refractivity contribution in [1.82, 2.24) is 4.57 Å². The molecule has 0 radical (unpaired) electrons. The van der Waals surface area contributed by atoms with E-state index in [2.05, 4.69) is 0 Å². The molecule has 110 valence electrons. The smallest absolute Gasteiger partial charge is 0.273 e. The number of nitrogens with zero attached hydrogens (tertiary/aromatic N) is 1. The number of anilines is 1. The SMILES string of the molecule is Cn1cc(-c2cccc(OC3CCCC3)c2)cc(N)c1=O. The van der Waals surface area contributed by atoms with Crippen molar-refractivity contribution in [3.05, 3.63) is 46.9 Å². The van der Waals surface area contributed by atoms with Crippen molar-refractivity contribution in [1.29, 1.82) is 0 Å². The first-order chi connectivity index (χ1) is 10.1. The zero-order valence-corrected chi connectivity index (χ0v) is 12.2. The molecule has 4 nitrogen and oxygen atoms in total. The number of hydrogen-bond acceptors (Lipinski definition) is 3. The molecule has 4 heteroatoms. The van der Waals surface area contributed by atoms with Gasteiger partial charge < -0.3 is 15.0 Å². The van der Waals surface area contributed by atoms with Gasteiger partial charge in [0.05, 0.1) is 11.8 Å². The highest BCUT2D eigenvalue weighted by Gasteiger charge is 2.16. The molecule has 0 amide bonds. The largest absolute Gasteiger partial charge is 0.490 e. The van der Waals surface area contributed by atoms with Gasteiger partial charge in [0.15, 0.2) is 0 Å². The van der Waals surface area contributed by atoms with Gasteiger partial charge in [0.1, 0.15) is 5.75 Å². The van der Waals surface area contributed by atoms with Crippen molar-refractivity contribution < 1.29 is 4.74 Å². The van der Waals surface area contributed by atoms with Crippen LogP contribution in [0.25, 0.3) is 11.1 Å². The summed E-state index contributed by atoms with van der Waals surface area (Å²) < 4.78 is 7.53. The molecule has 1 aromatic heterocycles. The summed E-state index contributed by atoms with van der Waals surface area (Å²) in [6, 6.07) is 9.68. The van der Waals surface area contributed by atoms with Crippen molar-refractivity contribution in [2.75, 3.05) is 5.73 Å². The minimum atomic E-state index is -0.169. The molecular weight excluding hydrogens is 264 g/mol. The number of pyridine rings is 1. The van der Waals surface area contributed by atoms with E-state index < -0.39 is 0 Å². The lowest BCUT2D eigenvalue weighted by Crippen LogP contribution is -2.19. The molecule has 1 saturated carbocycles. The van der Waals surface area contributed by atoms with Gasteiger partial charge in [-0.05, 0) is 49.4 Å². The summed E-state index contributed by atoms with van der Waals surface area (Å²) in [6.45, 7) is 0. The molecule has 1 aromatic carbocycles. The number of nitrogen functional groups attached to an aromatic ring is 1. The molecule has 2 N–H and O–H groups in total. The number of hydrogen-bond donors (Lipinski definition) is 1. The van der Waals surface area contributed by atoms with Gasteiger partial charge in [-0.15, -0.1) is 0 Å². The second-order valence-electron chi connectivity index (χ2n) is 5.65. The van der Waals surface area contributed by atoms with Crippen molar-refractivity contribution >= 4 is 5.69 Å². The second kappa shape index (κ2) is 5.64. The molecule has 2 aromatic rings. The first kappa shape index (κ1) is 13.7. The van der Waals surface area contributed by atoms with E-state index in [0.29, 0.717) is 6.10 Å². The normalized spacial score (nSPS) is 15.3. The monoisotopic (exact) mass is 284 g/mol. The van der Waals surface area contributed by atoms with Crippen molar-refractivity contribution in [3.63, 3.8) is 0 Å². The van der Waals surface area contributed by atoms with Gasteiger partial charge >= 0.3 is 0 Å². The van der Waals surface area contributed by atoms with Crippen LogP contribution >= 0.6 is 0 Å². The van der Waals surface area contributed by atoms with Crippen LogP contribution in [0.3, 0.4) is 0 Å². The lowest BCUT2D eigenvalue weighted by atomic mass is 10.1. The number of aryl methyl sites for hydroxylation is 1. The lowest BCUT2D eigenvalue weighted by molar-refractivity contribution is 0.210. The molecule has 0 saturated heterocycles. The van der Waals surface area contributed by atoms with Crippen LogP contribution in [0.1, 0.15) is 25.7 Å². The van der Waals surface area contributed by atoms with Crippen LogP contribution in [-0.2, 0) is 7.05 Å². The highest BCUT2D eigenvalue weighted by Crippen LogP contribution is 2.28. The zero-order chi connectivity index (χ0) is 14.8. The molecule has 21 heavy (non-hydrogen) atoms. The van der Waals surface area contributed by atoms with E-state index in [0.717, 1.165) is 29.7 Å². The summed E-state index contributed by atoms with van der Waals surface area (Å²) in [4.78, 5) is 11.7. The average molecular weight is 284 g/mol. The number of ether oxygens (including phenoxy) is 1. The van der Waals surface area contributed by atoms with Crippen LogP contribution in [-0.4, -0.2) is 10.7 Å². The number of rotatable bonds is 3. The predicted octanol–water partition coefficient (Wildman–Crippen LogP) is 2.96. The summed E-state index contributed by atoms with van der Waals surface area (Å²) in [5.41, 5.74) is 7.79. The van der Waals surface area contributed by atoms with E-state index in [4.69, 9.17) is 10.5 Å². The van der Waals surface area contributed by atoms with Gasteiger partial charge in [-0.1, -0.05) is 12.1 Å². The Bertz CT molecular complexity index is 674. The van der Waals surface area contributed by atoms with Gasteiger partial charge in [-0.25, -0.2) is 0 Å². The molecule has 1 aliphatic rings. The molecular formula is C17H20N2O2. The Morgan fingerprint density at radius 1 is 1.19 bits per heavy atom. The van der Waals surface area contributed by atoms with Gasteiger partial charge in [-0.2, -0.15) is 0 Å². The zero-order valence-electron chi connectivity index (χ0n) is 12.2. The maximum Gasteiger partial charge on any atom is 0.273 e. The Labute approximate surface area is 124 Å². The fourth-order valence-electron chi connectivity index (χ4n) is 2.84. The van der Waals surface area contributed by atoms with Crippen molar-refractivity contribution in [2.24, 2.45) is 7.05 Å². The summed E-state index contributed by atoms with van der Waals surface area (Å²) in [5.74, 6) is 0.881. The van der Waals surface area contributed by atoms with Crippen LogP contribution in [0.4, 0.5) is 5.69 Å². The highest BCUT2D eigenvalue weighted by molar-refractivity contribution is 5.67. The van der Waals surface area contributed by atoms with Gasteiger partial charge in [0, 0.05) is 18.8 Å². The van der Waals surface area contributed by atoms with E-state index in [1.54, 1.807) is 19.3 Å². The van der Waals surface area contributed by atoms with Gasteiger partial charge in [-0.3, -0.25) is 4.79 Å². The van der Waals surface area contributed by atoms with Crippen LogP contribution < -0.4 is 16.0 Å². The van der Waals surface area contributed by atoms with E-state index in [-0.39, 0.29) is 11.2 Å². The third-order valence-corrected chi connectivity index (χ3v) is 3.98. The Kier molecular flexibility index (Phi) is 3.69. The molecule has 0 spiro atoms. The van der Waals surface area contributed by atoms with Gasteiger partial charge in [0.25, 0.3) is 5.56 Å². The van der Waals surface area contributed by atoms with Crippen molar-refractivity contribution in [3.8, 4) is 16.9 Å². The highest BCUT2D eigenvalue weighted by atomic mass is 16.5. The molecule has 0 atom stereocenters. The molecule has 1 aliphatic carbocycles. The summed E-state index contributed by atoms with van der Waals surface area (Å²) in [7, 11) is 1.71. The number of aromatic nitrogens is 1. The molecule has 0 unspecified atom stereocenters. The quantitative estimate of drug-likeness (QED) is 0.942. The van der Waals surface area contributed by atoms with Crippen molar-refractivity contribution in [2.45, 2.75) is 31.8 Å². The van der Waals surface area contributed by atoms with Crippen LogP contribution in [0, 0.1) is 0 Å². The van der Waals surface area contributed by atoms with Crippen LogP contribution in [0.15, 0.2) is 41.3 Å². The Morgan fingerprint density at radius 3 is 2.67 bits per heavy atom. The third kappa shape index (κ3) is 2.94. The summed E-state index contributed by atoms with van der Waals surface area (Å²) in [5, 5.41) is 0. The molecule has 3 rings (SSSR count). The summed E-state index contributed by atoms with van der Waals surface area (Å²) in [6.07, 6.45) is 6.91. The van der Waals surface area contributed by atoms with E-state index in [1.165, 1.54) is 17.4 Å². The lowest BCUT2D eigenvalue weighted by Gasteiger charge is -2.14. The average Bonchev–Trinajstić information content (AvgIpc) is 2.97. The van der Waals surface area contributed by atoms with E-state index in [1.807, 2.05) is 24.3 Å². The standard InChI is InChI=1S/C17H20N2O2/c1-19-11-13(10-16(18)17(19)20)12-5-4-8-15(9-12)21-14-6-2-3-7-14/h4-5,8-11,14H,2-3,6-7,18H2,1H3. The fourth-order valence-corrected chi connectivity index (χ4v) is 2.84. The Balaban J connectivity index is 1.90. The minimum absolute atomic E-state index is 0.169. The summed E-state index contributed by atoms with van der Waals surface area (Å²) >= 11 is 0. The minimum Gasteiger partial charge on any atom is -0.490 e. The predicted molar refractivity (Wildman–Crippen MR) is 84.4 cm³/mol. The second-order valence-corrected chi connectivity index (χ2v) is 5.65. The third-order valence-electron chi connectivity index (χ3n) is 3.98. The molecule has 0 bridgehead atoms. The van der Waals surface area contributed by atoms with E-state index in [9.17, 15) is 4.79 Å². The Hall–Kier alpha value is -2.23. The molecule has 0 aliphatic heterocycles. The fraction of sp³-hybridized carbons (Fsp3) is 0.353. The van der Waals surface area contributed by atoms with E-state index >= 15 is 0 Å². The van der Waals surface area contributed by atoms with Crippen LogP contribution in [0.5, 0.6) is 5.75 Å². The Morgan fingerprint density at radius 2 is 1.95 bits per heavy atom. The first-order valence-corrected chi connectivity index (χ1v) is 7.37. The van der Waals surface area contributed by atoms with Gasteiger partial charge in [0.2, 0.25) is 0 Å². The maximum atomic E-state index is 11.7. The number of nitrogens with two attached hydrogens (primary N) is 1. The molecule has 1 fully saturated rings. The topological polar surface area (TPSA) is 57.2 Å².